The monoisotopic (exact) mass is 749 g/mol. The second kappa shape index (κ2) is 12.4. The maximum atomic E-state index is 14.3. The first-order chi connectivity index (χ1) is 22.5. The number of nitrogens with zero attached hydrogens (tertiary/aromatic N) is 5. The zero-order valence-corrected chi connectivity index (χ0v) is 27.8. The molecule has 0 unspecified atom stereocenters. The molecule has 12 nitrogen and oxygen atoms in total. The van der Waals surface area contributed by atoms with Crippen LogP contribution in [0.1, 0.15) is 55.9 Å². The number of fused-ring (bicyclic) bond motifs is 3. The number of phosphoric acid groups is 1. The van der Waals surface area contributed by atoms with Gasteiger partial charge in [0, 0.05) is 45.9 Å². The number of hydrogen-bond donors (Lipinski definition) is 2. The van der Waals surface area contributed by atoms with Gasteiger partial charge in [-0.1, -0.05) is 22.5 Å². The third-order valence-corrected chi connectivity index (χ3v) is 9.42. The van der Waals surface area contributed by atoms with E-state index in [1.807, 2.05) is 0 Å². The first-order valence-electron chi connectivity index (χ1n) is 14.6. The summed E-state index contributed by atoms with van der Waals surface area (Å²) in [5.41, 5.74) is 1.17. The van der Waals surface area contributed by atoms with Gasteiger partial charge in [-0.05, 0) is 67.6 Å². The molecule has 2 aliphatic rings. The van der Waals surface area contributed by atoms with E-state index in [2.05, 4.69) is 32.1 Å². The SMILES string of the molecule is C=C1Cc2c(n3ncc(CC4CC4)c3n(-c3ccc(C(=O)N(C)COP(=O)(O)O)cc3)c2=O)CN1C(=O)c1ccc(Br)c(C(F)(F)F)c1. The molecule has 0 spiro atoms. The minimum absolute atomic E-state index is 0.0722. The normalized spacial score (nSPS) is 15.1. The van der Waals surface area contributed by atoms with Gasteiger partial charge in [0.2, 0.25) is 0 Å². The molecule has 4 aromatic rings. The third kappa shape index (κ3) is 6.63. The molecule has 252 valence electrons. The van der Waals surface area contributed by atoms with Gasteiger partial charge in [0.05, 0.1) is 29.7 Å². The number of hydrogen-bond acceptors (Lipinski definition) is 6. The van der Waals surface area contributed by atoms with Crippen LogP contribution in [0.4, 0.5) is 13.2 Å². The lowest BCUT2D eigenvalue weighted by Gasteiger charge is -2.31. The molecule has 2 aromatic heterocycles. The van der Waals surface area contributed by atoms with E-state index in [0.717, 1.165) is 35.4 Å². The molecule has 0 radical (unpaired) electrons. The van der Waals surface area contributed by atoms with E-state index in [9.17, 15) is 32.1 Å². The summed E-state index contributed by atoms with van der Waals surface area (Å²) in [5.74, 6) is -0.866. The summed E-state index contributed by atoms with van der Waals surface area (Å²) >= 11 is 2.90. The summed E-state index contributed by atoms with van der Waals surface area (Å²) in [6.07, 6.45) is -0.395. The van der Waals surface area contributed by atoms with Crippen molar-refractivity contribution in [2.45, 2.75) is 38.4 Å². The molecule has 2 amide bonds. The average molecular weight is 750 g/mol. The van der Waals surface area contributed by atoms with Gasteiger partial charge in [-0.2, -0.15) is 18.3 Å². The molecule has 3 heterocycles. The number of alkyl halides is 3. The van der Waals surface area contributed by atoms with Crippen LogP contribution < -0.4 is 5.56 Å². The van der Waals surface area contributed by atoms with Crippen molar-refractivity contribution in [3.05, 3.63) is 109 Å². The third-order valence-electron chi connectivity index (χ3n) is 8.27. The topological polar surface area (TPSA) is 147 Å². The lowest BCUT2D eigenvalue weighted by molar-refractivity contribution is -0.138. The quantitative estimate of drug-likeness (QED) is 0.188. The fourth-order valence-corrected chi connectivity index (χ4v) is 6.45. The maximum absolute atomic E-state index is 14.3. The Kier molecular flexibility index (Phi) is 8.75. The molecule has 2 aromatic carbocycles. The molecule has 2 N–H and O–H groups in total. The van der Waals surface area contributed by atoms with Gasteiger partial charge in [-0.3, -0.25) is 23.5 Å². The summed E-state index contributed by atoms with van der Waals surface area (Å²) in [4.78, 5) is 60.8. The summed E-state index contributed by atoms with van der Waals surface area (Å²) < 4.78 is 59.1. The van der Waals surface area contributed by atoms with Crippen molar-refractivity contribution < 1.29 is 41.6 Å². The first-order valence-corrected chi connectivity index (χ1v) is 16.9. The van der Waals surface area contributed by atoms with Gasteiger partial charge in [-0.15, -0.1) is 0 Å². The highest BCUT2D eigenvalue weighted by Gasteiger charge is 2.36. The van der Waals surface area contributed by atoms with Crippen LogP contribution in [0.2, 0.25) is 0 Å². The zero-order chi connectivity index (χ0) is 34.7. The molecule has 1 aliphatic heterocycles. The molecule has 1 aliphatic carbocycles. The van der Waals surface area contributed by atoms with Crippen molar-refractivity contribution in [3.8, 4) is 5.69 Å². The van der Waals surface area contributed by atoms with Gasteiger partial charge in [0.1, 0.15) is 12.4 Å². The zero-order valence-electron chi connectivity index (χ0n) is 25.3. The van der Waals surface area contributed by atoms with Gasteiger partial charge >= 0.3 is 14.0 Å². The largest absolute Gasteiger partial charge is 0.471 e. The predicted octanol–water partition coefficient (Wildman–Crippen LogP) is 5.07. The van der Waals surface area contributed by atoms with Crippen molar-refractivity contribution >= 4 is 41.2 Å². The summed E-state index contributed by atoms with van der Waals surface area (Å²) in [6.45, 7) is 3.18. The van der Waals surface area contributed by atoms with Crippen molar-refractivity contribution in [3.63, 3.8) is 0 Å². The fraction of sp³-hybridized carbons (Fsp3) is 0.290. The van der Waals surface area contributed by atoms with Crippen LogP contribution in [0.5, 0.6) is 0 Å². The number of halogens is 4. The number of benzene rings is 2. The van der Waals surface area contributed by atoms with Crippen LogP contribution in [-0.2, 0) is 34.7 Å². The van der Waals surface area contributed by atoms with Gasteiger partial charge in [-0.25, -0.2) is 9.08 Å². The maximum Gasteiger partial charge on any atom is 0.471 e. The van der Waals surface area contributed by atoms with Gasteiger partial charge < -0.3 is 19.6 Å². The second-order valence-electron chi connectivity index (χ2n) is 11.7. The summed E-state index contributed by atoms with van der Waals surface area (Å²) in [6, 6.07) is 9.29. The van der Waals surface area contributed by atoms with Crippen LogP contribution in [0, 0.1) is 5.92 Å². The molecular weight excluding hydrogens is 722 g/mol. The first kappa shape index (κ1) is 33.8. The fourth-order valence-electron chi connectivity index (χ4n) is 5.65. The number of amides is 2. The molecule has 17 heteroatoms. The minimum Gasteiger partial charge on any atom is -0.318 e. The number of aromatic nitrogens is 3. The Hall–Kier alpha value is -4.08. The van der Waals surface area contributed by atoms with Crippen LogP contribution >= 0.6 is 23.8 Å². The Bertz CT molecular complexity index is 2090. The van der Waals surface area contributed by atoms with Crippen LogP contribution in [-0.4, -0.2) is 59.4 Å². The molecule has 1 saturated carbocycles. The molecule has 6 rings (SSSR count). The number of phosphoric ester groups is 1. The smallest absolute Gasteiger partial charge is 0.318 e. The Morgan fingerprint density at radius 3 is 2.44 bits per heavy atom. The molecule has 0 saturated heterocycles. The minimum atomic E-state index is -4.79. The highest BCUT2D eigenvalue weighted by atomic mass is 79.9. The van der Waals surface area contributed by atoms with E-state index < -0.39 is 43.7 Å². The van der Waals surface area contributed by atoms with Crippen molar-refractivity contribution in [2.75, 3.05) is 13.8 Å². The molecular formula is C31H28BrF3N5O7P. The highest BCUT2D eigenvalue weighted by Crippen LogP contribution is 2.38. The molecule has 1 fully saturated rings. The average Bonchev–Trinajstić information content (AvgIpc) is 3.76. The number of rotatable bonds is 8. The van der Waals surface area contributed by atoms with Crippen LogP contribution in [0.15, 0.2) is 70.2 Å². The molecule has 0 bridgehead atoms. The van der Waals surface area contributed by atoms with E-state index in [1.54, 1.807) is 22.8 Å². The van der Waals surface area contributed by atoms with Crippen LogP contribution in [0.3, 0.4) is 0 Å². The number of carbonyl (C=O) groups is 2. The van der Waals surface area contributed by atoms with E-state index in [1.165, 1.54) is 34.7 Å². The predicted molar refractivity (Wildman–Crippen MR) is 169 cm³/mol. The lowest BCUT2D eigenvalue weighted by Crippen LogP contribution is -2.40. The lowest BCUT2D eigenvalue weighted by atomic mass is 10.0. The van der Waals surface area contributed by atoms with Gasteiger partial charge in [0.25, 0.3) is 17.4 Å². The van der Waals surface area contributed by atoms with Crippen molar-refractivity contribution in [2.24, 2.45) is 5.92 Å². The van der Waals surface area contributed by atoms with E-state index >= 15 is 0 Å². The number of carbonyl (C=O) groups excluding carboxylic acids is 2. The standard InChI is InChI=1S/C31H28BrF3N5O7P/c1-17-11-23-26(15-38(17)29(42)20-7-10-25(32)24(13-20)31(33,34)35)40-27(21(14-36-40)12-18-3-4-18)39(30(23)43)22-8-5-19(6-9-22)28(41)37(2)16-47-48(44,45)46/h5-10,13-14,18H,1,3-4,11-12,15-16H2,2H3,(H2,44,45,46). The Balaban J connectivity index is 1.39. The van der Waals surface area contributed by atoms with Crippen molar-refractivity contribution in [1.82, 2.24) is 24.0 Å². The van der Waals surface area contributed by atoms with E-state index in [0.29, 0.717) is 34.9 Å². The molecule has 0 atom stereocenters. The van der Waals surface area contributed by atoms with Crippen LogP contribution in [0.25, 0.3) is 11.3 Å². The summed E-state index contributed by atoms with van der Waals surface area (Å²) in [5, 5.41) is 4.59. The number of allylic oxidation sites excluding steroid dienone is 1. The Morgan fingerprint density at radius 2 is 1.81 bits per heavy atom. The van der Waals surface area contributed by atoms with E-state index in [-0.39, 0.29) is 34.3 Å². The second-order valence-corrected chi connectivity index (χ2v) is 13.8. The Labute approximate surface area is 279 Å². The van der Waals surface area contributed by atoms with E-state index in [4.69, 9.17) is 9.79 Å². The highest BCUT2D eigenvalue weighted by molar-refractivity contribution is 9.10. The Morgan fingerprint density at radius 1 is 1.15 bits per heavy atom. The molecule has 48 heavy (non-hydrogen) atoms. The van der Waals surface area contributed by atoms with Gasteiger partial charge in [0.15, 0.2) is 0 Å². The summed E-state index contributed by atoms with van der Waals surface area (Å²) in [7, 11) is -3.48. The van der Waals surface area contributed by atoms with Crippen molar-refractivity contribution in [1.29, 1.82) is 0 Å².